The van der Waals surface area contributed by atoms with E-state index in [1.807, 2.05) is 47.1 Å². The number of aromatic nitrogens is 3. The van der Waals surface area contributed by atoms with Gasteiger partial charge in [0, 0.05) is 13.1 Å². The summed E-state index contributed by atoms with van der Waals surface area (Å²) in [5.74, 6) is 0.916. The molecule has 1 aliphatic heterocycles. The summed E-state index contributed by atoms with van der Waals surface area (Å²) < 4.78 is 7.32. The van der Waals surface area contributed by atoms with Crippen molar-refractivity contribution in [2.45, 2.75) is 6.54 Å². The van der Waals surface area contributed by atoms with Gasteiger partial charge in [0.1, 0.15) is 11.4 Å². The number of benzene rings is 2. The second kappa shape index (κ2) is 7.55. The molecule has 3 aromatic rings. The average Bonchev–Trinajstić information content (AvgIpc) is 3.11. The number of para-hydroxylation sites is 1. The predicted octanol–water partition coefficient (Wildman–Crippen LogP) is 2.21. The highest BCUT2D eigenvalue weighted by Gasteiger charge is 2.16. The monoisotopic (exact) mass is 335 g/mol. The molecular weight excluding hydrogens is 314 g/mol. The number of aliphatic imine (C=N–C) groups is 1. The maximum atomic E-state index is 5.46. The molecule has 0 bridgehead atoms. The fraction of sp³-hybridized carbons (Fsp3) is 0.316. The molecule has 1 aromatic heterocycles. The molecule has 1 fully saturated rings. The van der Waals surface area contributed by atoms with E-state index in [0.29, 0.717) is 6.54 Å². The number of morpholine rings is 1. The van der Waals surface area contributed by atoms with Gasteiger partial charge in [0.05, 0.1) is 31.8 Å². The molecule has 1 saturated heterocycles. The number of nitrogens with zero attached hydrogens (tertiary/aromatic N) is 5. The summed E-state index contributed by atoms with van der Waals surface area (Å²) in [4.78, 5) is 7.23. The smallest absolute Gasteiger partial charge is 0.141 e. The molecule has 6 heteroatoms. The lowest BCUT2D eigenvalue weighted by atomic mass is 10.2. The Labute approximate surface area is 146 Å². The molecule has 0 N–H and O–H groups in total. The predicted molar refractivity (Wildman–Crippen MR) is 97.8 cm³/mol. The van der Waals surface area contributed by atoms with Gasteiger partial charge in [-0.25, -0.2) is 0 Å². The molecule has 128 valence electrons. The van der Waals surface area contributed by atoms with Crippen molar-refractivity contribution in [3.63, 3.8) is 0 Å². The minimum absolute atomic E-state index is 0.634. The van der Waals surface area contributed by atoms with Crippen LogP contribution in [-0.2, 0) is 11.3 Å². The molecule has 25 heavy (non-hydrogen) atoms. The van der Waals surface area contributed by atoms with Crippen molar-refractivity contribution in [3.05, 3.63) is 60.2 Å². The van der Waals surface area contributed by atoms with Crippen molar-refractivity contribution in [1.82, 2.24) is 19.9 Å². The highest BCUT2D eigenvalue weighted by molar-refractivity contribution is 5.93. The number of hydrogen-bond acceptors (Lipinski definition) is 5. The van der Waals surface area contributed by atoms with Crippen LogP contribution in [0.4, 0.5) is 0 Å². The molecular formula is C19H21N5O. The molecule has 0 spiro atoms. The fourth-order valence-electron chi connectivity index (χ4n) is 2.97. The zero-order valence-corrected chi connectivity index (χ0v) is 14.1. The third-order valence-corrected chi connectivity index (χ3v) is 4.35. The summed E-state index contributed by atoms with van der Waals surface area (Å²) in [6, 6.07) is 18.3. The standard InChI is InChI=1S/C19H21N5O/c1-2-6-16(7-3-1)14-20-19(15-23-10-12-25-13-11-23)24-18-9-5-4-8-17(18)21-22-24/h1-9H,10-15H2. The Kier molecular flexibility index (Phi) is 4.81. The molecule has 2 heterocycles. The number of ether oxygens (including phenoxy) is 1. The summed E-state index contributed by atoms with van der Waals surface area (Å²) in [5, 5.41) is 8.63. The van der Waals surface area contributed by atoms with Crippen LogP contribution in [0, 0.1) is 0 Å². The Morgan fingerprint density at radius 1 is 1.00 bits per heavy atom. The van der Waals surface area contributed by atoms with E-state index in [4.69, 9.17) is 9.73 Å². The Morgan fingerprint density at radius 3 is 2.60 bits per heavy atom. The second-order valence-electron chi connectivity index (χ2n) is 6.10. The number of rotatable bonds is 4. The van der Waals surface area contributed by atoms with E-state index >= 15 is 0 Å². The lowest BCUT2D eigenvalue weighted by Crippen LogP contribution is -2.41. The lowest BCUT2D eigenvalue weighted by molar-refractivity contribution is 0.0449. The molecule has 0 amide bonds. The van der Waals surface area contributed by atoms with Gasteiger partial charge in [-0.1, -0.05) is 47.7 Å². The van der Waals surface area contributed by atoms with E-state index < -0.39 is 0 Å². The topological polar surface area (TPSA) is 55.5 Å². The van der Waals surface area contributed by atoms with Crippen molar-refractivity contribution < 1.29 is 4.74 Å². The Balaban J connectivity index is 1.65. The third-order valence-electron chi connectivity index (χ3n) is 4.35. The van der Waals surface area contributed by atoms with Crippen LogP contribution in [0.5, 0.6) is 0 Å². The zero-order valence-electron chi connectivity index (χ0n) is 14.1. The van der Waals surface area contributed by atoms with Gasteiger partial charge < -0.3 is 4.74 Å². The van der Waals surface area contributed by atoms with Gasteiger partial charge in [-0.15, -0.1) is 5.10 Å². The van der Waals surface area contributed by atoms with Crippen molar-refractivity contribution >= 4 is 16.9 Å². The van der Waals surface area contributed by atoms with Gasteiger partial charge in [-0.3, -0.25) is 9.89 Å². The maximum absolute atomic E-state index is 5.46. The summed E-state index contributed by atoms with van der Waals surface area (Å²) in [5.41, 5.74) is 3.06. The van der Waals surface area contributed by atoms with Crippen LogP contribution in [-0.4, -0.2) is 58.6 Å². The molecule has 0 unspecified atom stereocenters. The van der Waals surface area contributed by atoms with Crippen molar-refractivity contribution in [2.75, 3.05) is 32.8 Å². The SMILES string of the molecule is c1ccc(CN=C(CN2CCOCC2)n2nnc3ccccc32)cc1. The van der Waals surface area contributed by atoms with E-state index in [1.165, 1.54) is 5.56 Å². The fourth-order valence-corrected chi connectivity index (χ4v) is 2.97. The van der Waals surface area contributed by atoms with Crippen molar-refractivity contribution in [3.8, 4) is 0 Å². The van der Waals surface area contributed by atoms with E-state index in [1.54, 1.807) is 0 Å². The molecule has 0 radical (unpaired) electrons. The van der Waals surface area contributed by atoms with E-state index in [9.17, 15) is 0 Å². The minimum Gasteiger partial charge on any atom is -0.379 e. The van der Waals surface area contributed by atoms with Crippen LogP contribution >= 0.6 is 0 Å². The van der Waals surface area contributed by atoms with Crippen molar-refractivity contribution in [2.24, 2.45) is 4.99 Å². The van der Waals surface area contributed by atoms with Crippen LogP contribution in [0.25, 0.3) is 11.0 Å². The lowest BCUT2D eigenvalue weighted by Gasteiger charge is -2.27. The van der Waals surface area contributed by atoms with Crippen LogP contribution in [0.15, 0.2) is 59.6 Å². The molecule has 2 aromatic carbocycles. The van der Waals surface area contributed by atoms with Gasteiger partial charge in [0.15, 0.2) is 0 Å². The van der Waals surface area contributed by atoms with Gasteiger partial charge in [-0.2, -0.15) is 4.68 Å². The van der Waals surface area contributed by atoms with E-state index in [0.717, 1.165) is 49.7 Å². The van der Waals surface area contributed by atoms with E-state index in [2.05, 4.69) is 27.3 Å². The molecule has 4 rings (SSSR count). The van der Waals surface area contributed by atoms with Gasteiger partial charge in [0.2, 0.25) is 0 Å². The Bertz CT molecular complexity index is 852. The first kappa shape index (κ1) is 15.9. The normalized spacial score (nSPS) is 16.4. The van der Waals surface area contributed by atoms with Gasteiger partial charge in [0.25, 0.3) is 0 Å². The first-order valence-corrected chi connectivity index (χ1v) is 8.58. The van der Waals surface area contributed by atoms with Gasteiger partial charge in [-0.05, 0) is 17.7 Å². The summed E-state index contributed by atoms with van der Waals surface area (Å²) in [6.45, 7) is 4.74. The molecule has 1 aliphatic rings. The largest absolute Gasteiger partial charge is 0.379 e. The zero-order chi connectivity index (χ0) is 16.9. The van der Waals surface area contributed by atoms with Crippen LogP contribution in [0.1, 0.15) is 5.56 Å². The van der Waals surface area contributed by atoms with E-state index in [-0.39, 0.29) is 0 Å². The first-order chi connectivity index (χ1) is 12.4. The van der Waals surface area contributed by atoms with Crippen LogP contribution in [0.3, 0.4) is 0 Å². The maximum Gasteiger partial charge on any atom is 0.141 e. The van der Waals surface area contributed by atoms with Gasteiger partial charge >= 0.3 is 0 Å². The molecule has 6 nitrogen and oxygen atoms in total. The summed E-state index contributed by atoms with van der Waals surface area (Å²) >= 11 is 0. The summed E-state index contributed by atoms with van der Waals surface area (Å²) in [6.07, 6.45) is 0. The average molecular weight is 335 g/mol. The highest BCUT2D eigenvalue weighted by Crippen LogP contribution is 2.11. The molecule has 0 atom stereocenters. The van der Waals surface area contributed by atoms with Crippen LogP contribution < -0.4 is 0 Å². The quantitative estimate of drug-likeness (QED) is 0.542. The van der Waals surface area contributed by atoms with Crippen LogP contribution in [0.2, 0.25) is 0 Å². The first-order valence-electron chi connectivity index (χ1n) is 8.58. The number of hydrogen-bond donors (Lipinski definition) is 0. The minimum atomic E-state index is 0.634. The Morgan fingerprint density at radius 2 is 1.76 bits per heavy atom. The van der Waals surface area contributed by atoms with Crippen molar-refractivity contribution in [1.29, 1.82) is 0 Å². The number of fused-ring (bicyclic) bond motifs is 1. The summed E-state index contributed by atoms with van der Waals surface area (Å²) in [7, 11) is 0. The third kappa shape index (κ3) is 3.75. The highest BCUT2D eigenvalue weighted by atomic mass is 16.5. The second-order valence-corrected chi connectivity index (χ2v) is 6.10. The Hall–Kier alpha value is -2.57. The molecule has 0 saturated carbocycles. The molecule has 0 aliphatic carbocycles.